The van der Waals surface area contributed by atoms with E-state index in [2.05, 4.69) is 49.4 Å². The van der Waals surface area contributed by atoms with Crippen molar-refractivity contribution >= 4 is 27.5 Å². The molecule has 0 saturated heterocycles. The molecule has 1 heteroatoms. The molecule has 0 spiro atoms. The summed E-state index contributed by atoms with van der Waals surface area (Å²) in [6, 6.07) is 14.5. The van der Waals surface area contributed by atoms with Crippen LogP contribution in [0.25, 0.3) is 27.5 Å². The van der Waals surface area contributed by atoms with Gasteiger partial charge in [0.15, 0.2) is 0 Å². The first-order chi connectivity index (χ1) is 9.33. The Labute approximate surface area is 112 Å². The standard InChI is InChI=1S/C18H16O/c1-3-7-13(4-2)14-10-11-18-16(12-14)15-8-5-6-9-17(15)19-18/h3-12H,1-2H3/b7-3-,13-4+. The summed E-state index contributed by atoms with van der Waals surface area (Å²) in [5.41, 5.74) is 4.35. The van der Waals surface area contributed by atoms with Crippen molar-refractivity contribution in [1.82, 2.24) is 0 Å². The van der Waals surface area contributed by atoms with Crippen LogP contribution in [0.15, 0.2) is 65.1 Å². The minimum atomic E-state index is 0.945. The molecule has 0 N–H and O–H groups in total. The Balaban J connectivity index is 2.27. The number of para-hydroxylation sites is 1. The Bertz CT molecular complexity index is 788. The fraction of sp³-hybridized carbons (Fsp3) is 0.111. The summed E-state index contributed by atoms with van der Waals surface area (Å²) in [5.74, 6) is 0. The summed E-state index contributed by atoms with van der Waals surface area (Å²) in [7, 11) is 0. The van der Waals surface area contributed by atoms with Crippen LogP contribution < -0.4 is 0 Å². The lowest BCUT2D eigenvalue weighted by Crippen LogP contribution is -1.80. The third-order valence-corrected chi connectivity index (χ3v) is 3.37. The second kappa shape index (κ2) is 4.77. The van der Waals surface area contributed by atoms with Gasteiger partial charge >= 0.3 is 0 Å². The number of benzene rings is 2. The zero-order valence-electron chi connectivity index (χ0n) is 11.2. The van der Waals surface area contributed by atoms with Gasteiger partial charge in [-0.25, -0.2) is 0 Å². The van der Waals surface area contributed by atoms with Gasteiger partial charge < -0.3 is 4.42 Å². The van der Waals surface area contributed by atoms with Crippen molar-refractivity contribution in [1.29, 1.82) is 0 Å². The van der Waals surface area contributed by atoms with E-state index in [1.54, 1.807) is 0 Å². The number of rotatable bonds is 2. The van der Waals surface area contributed by atoms with Crippen LogP contribution in [0.5, 0.6) is 0 Å². The van der Waals surface area contributed by atoms with E-state index in [-0.39, 0.29) is 0 Å². The smallest absolute Gasteiger partial charge is 0.135 e. The molecule has 1 nitrogen and oxygen atoms in total. The van der Waals surface area contributed by atoms with Gasteiger partial charge in [0.05, 0.1) is 0 Å². The number of allylic oxidation sites excluding steroid dienone is 4. The lowest BCUT2D eigenvalue weighted by atomic mass is 10.0. The van der Waals surface area contributed by atoms with Crippen molar-refractivity contribution < 1.29 is 4.42 Å². The molecule has 1 aromatic heterocycles. The van der Waals surface area contributed by atoms with Gasteiger partial charge in [-0.3, -0.25) is 0 Å². The molecule has 0 aliphatic rings. The highest BCUT2D eigenvalue weighted by molar-refractivity contribution is 6.05. The molecule has 0 saturated carbocycles. The van der Waals surface area contributed by atoms with E-state index in [0.717, 1.165) is 11.2 Å². The summed E-state index contributed by atoms with van der Waals surface area (Å²) in [6.07, 6.45) is 6.32. The van der Waals surface area contributed by atoms with E-state index in [1.165, 1.54) is 21.9 Å². The SMILES string of the molecule is C/C=C\C(=C/C)c1ccc2oc3ccccc3c2c1. The van der Waals surface area contributed by atoms with E-state index in [0.29, 0.717) is 0 Å². The molecular weight excluding hydrogens is 232 g/mol. The predicted octanol–water partition coefficient (Wildman–Crippen LogP) is 5.57. The van der Waals surface area contributed by atoms with Gasteiger partial charge in [-0.05, 0) is 43.2 Å². The van der Waals surface area contributed by atoms with Gasteiger partial charge in [0.25, 0.3) is 0 Å². The first-order valence-electron chi connectivity index (χ1n) is 6.54. The molecule has 0 bridgehead atoms. The average molecular weight is 248 g/mol. The number of hydrogen-bond donors (Lipinski definition) is 0. The molecule has 0 aliphatic carbocycles. The maximum atomic E-state index is 5.84. The van der Waals surface area contributed by atoms with Crippen LogP contribution >= 0.6 is 0 Å². The van der Waals surface area contributed by atoms with E-state index in [9.17, 15) is 0 Å². The third-order valence-electron chi connectivity index (χ3n) is 3.37. The highest BCUT2D eigenvalue weighted by atomic mass is 16.3. The zero-order valence-corrected chi connectivity index (χ0v) is 11.2. The Hall–Kier alpha value is -2.28. The molecule has 1 heterocycles. The number of hydrogen-bond acceptors (Lipinski definition) is 1. The quantitative estimate of drug-likeness (QED) is 0.541. The molecule has 2 aromatic carbocycles. The lowest BCUT2D eigenvalue weighted by molar-refractivity contribution is 0.669. The van der Waals surface area contributed by atoms with Gasteiger partial charge in [-0.1, -0.05) is 42.5 Å². The van der Waals surface area contributed by atoms with Crippen LogP contribution in [0.3, 0.4) is 0 Å². The molecule has 0 atom stereocenters. The van der Waals surface area contributed by atoms with Crippen molar-refractivity contribution in [2.45, 2.75) is 13.8 Å². The fourth-order valence-electron chi connectivity index (χ4n) is 2.44. The highest BCUT2D eigenvalue weighted by Crippen LogP contribution is 2.31. The highest BCUT2D eigenvalue weighted by Gasteiger charge is 2.07. The van der Waals surface area contributed by atoms with Crippen LogP contribution in [0.4, 0.5) is 0 Å². The van der Waals surface area contributed by atoms with Gasteiger partial charge in [-0.15, -0.1) is 0 Å². The fourth-order valence-corrected chi connectivity index (χ4v) is 2.44. The van der Waals surface area contributed by atoms with Crippen LogP contribution in [0, 0.1) is 0 Å². The predicted molar refractivity (Wildman–Crippen MR) is 82.2 cm³/mol. The first kappa shape index (κ1) is 11.8. The van der Waals surface area contributed by atoms with Gasteiger partial charge in [0, 0.05) is 10.8 Å². The average Bonchev–Trinajstić information content (AvgIpc) is 2.82. The number of fused-ring (bicyclic) bond motifs is 3. The molecule has 0 amide bonds. The lowest BCUT2D eigenvalue weighted by Gasteiger charge is -2.01. The molecule has 0 unspecified atom stereocenters. The topological polar surface area (TPSA) is 13.1 Å². The zero-order chi connectivity index (χ0) is 13.2. The summed E-state index contributed by atoms with van der Waals surface area (Å²) in [4.78, 5) is 0. The van der Waals surface area contributed by atoms with Crippen LogP contribution in [-0.4, -0.2) is 0 Å². The van der Waals surface area contributed by atoms with Crippen LogP contribution in [-0.2, 0) is 0 Å². The molecule has 0 fully saturated rings. The Morgan fingerprint density at radius 3 is 2.53 bits per heavy atom. The van der Waals surface area contributed by atoms with Crippen molar-refractivity contribution in [3.05, 3.63) is 66.3 Å². The number of furan rings is 1. The Morgan fingerprint density at radius 2 is 1.74 bits per heavy atom. The molecule has 3 aromatic rings. The van der Waals surface area contributed by atoms with Crippen molar-refractivity contribution in [3.63, 3.8) is 0 Å². The largest absolute Gasteiger partial charge is 0.456 e. The molecule has 19 heavy (non-hydrogen) atoms. The molecule has 3 rings (SSSR count). The molecular formula is C18H16O. The van der Waals surface area contributed by atoms with Crippen LogP contribution in [0.2, 0.25) is 0 Å². The Kier molecular flexibility index (Phi) is 2.96. The summed E-state index contributed by atoms with van der Waals surface area (Å²) >= 11 is 0. The van der Waals surface area contributed by atoms with Crippen molar-refractivity contribution in [3.8, 4) is 0 Å². The van der Waals surface area contributed by atoms with Crippen molar-refractivity contribution in [2.24, 2.45) is 0 Å². The molecule has 94 valence electrons. The normalized spacial score (nSPS) is 12.8. The van der Waals surface area contributed by atoms with E-state index < -0.39 is 0 Å². The molecule has 0 aliphatic heterocycles. The maximum Gasteiger partial charge on any atom is 0.135 e. The molecule has 0 radical (unpaired) electrons. The third kappa shape index (κ3) is 1.97. The summed E-state index contributed by atoms with van der Waals surface area (Å²) in [5, 5.41) is 2.35. The minimum absolute atomic E-state index is 0.945. The second-order valence-corrected chi connectivity index (χ2v) is 4.55. The monoisotopic (exact) mass is 248 g/mol. The van der Waals surface area contributed by atoms with Crippen LogP contribution in [0.1, 0.15) is 19.4 Å². The van der Waals surface area contributed by atoms with E-state index in [4.69, 9.17) is 4.42 Å². The second-order valence-electron chi connectivity index (χ2n) is 4.55. The van der Waals surface area contributed by atoms with Gasteiger partial charge in [0.2, 0.25) is 0 Å². The summed E-state index contributed by atoms with van der Waals surface area (Å²) < 4.78 is 5.84. The maximum absolute atomic E-state index is 5.84. The van der Waals surface area contributed by atoms with E-state index >= 15 is 0 Å². The van der Waals surface area contributed by atoms with Crippen molar-refractivity contribution in [2.75, 3.05) is 0 Å². The van der Waals surface area contributed by atoms with E-state index in [1.807, 2.05) is 25.1 Å². The van der Waals surface area contributed by atoms with Gasteiger partial charge in [-0.2, -0.15) is 0 Å². The van der Waals surface area contributed by atoms with Gasteiger partial charge in [0.1, 0.15) is 11.2 Å². The summed E-state index contributed by atoms with van der Waals surface area (Å²) in [6.45, 7) is 4.10. The Morgan fingerprint density at radius 1 is 0.947 bits per heavy atom. The minimum Gasteiger partial charge on any atom is -0.456 e. The first-order valence-corrected chi connectivity index (χ1v) is 6.54.